The number of aromatic amines is 1. The van der Waals surface area contributed by atoms with Crippen molar-refractivity contribution in [3.8, 4) is 28.3 Å². The molecule has 0 radical (unpaired) electrons. The summed E-state index contributed by atoms with van der Waals surface area (Å²) >= 11 is 0. The first-order valence-corrected chi connectivity index (χ1v) is 8.24. The minimum Gasteiger partial charge on any atom is -0.497 e. The fraction of sp³-hybridized carbons (Fsp3) is 0.100. The number of aromatic nitrogens is 3. The first kappa shape index (κ1) is 17.0. The summed E-state index contributed by atoms with van der Waals surface area (Å²) in [6.07, 6.45) is -2.68. The molecule has 0 aliphatic carbocycles. The minimum absolute atomic E-state index is 0.126. The molecule has 0 amide bonds. The molecule has 0 fully saturated rings. The van der Waals surface area contributed by atoms with E-state index in [0.29, 0.717) is 39.3 Å². The molecule has 0 aliphatic heterocycles. The van der Waals surface area contributed by atoms with Crippen molar-refractivity contribution in [1.29, 1.82) is 0 Å². The van der Waals surface area contributed by atoms with Crippen LogP contribution in [0.15, 0.2) is 54.6 Å². The minimum atomic E-state index is -2.68. The van der Waals surface area contributed by atoms with Gasteiger partial charge in [0.15, 0.2) is 5.65 Å². The lowest BCUT2D eigenvalue weighted by Crippen LogP contribution is -1.94. The van der Waals surface area contributed by atoms with Gasteiger partial charge in [0.05, 0.1) is 23.9 Å². The Balaban J connectivity index is 1.92. The largest absolute Gasteiger partial charge is 0.497 e. The summed E-state index contributed by atoms with van der Waals surface area (Å²) in [6, 6.07) is 15.4. The van der Waals surface area contributed by atoms with Crippen molar-refractivity contribution >= 4 is 16.7 Å². The highest BCUT2D eigenvalue weighted by molar-refractivity contribution is 5.95. The number of hydrogen-bond acceptors (Lipinski definition) is 4. The summed E-state index contributed by atoms with van der Waals surface area (Å²) in [4.78, 5) is 4.46. The van der Waals surface area contributed by atoms with E-state index < -0.39 is 6.43 Å². The van der Waals surface area contributed by atoms with Gasteiger partial charge in [-0.3, -0.25) is 5.10 Å². The summed E-state index contributed by atoms with van der Waals surface area (Å²) in [5.74, 6) is 0.625. The van der Waals surface area contributed by atoms with E-state index in [4.69, 9.17) is 10.5 Å². The number of pyridine rings is 1. The molecular weight excluding hydrogens is 350 g/mol. The number of hydrogen-bond donors (Lipinski definition) is 2. The fourth-order valence-electron chi connectivity index (χ4n) is 3.01. The average Bonchev–Trinajstić information content (AvgIpc) is 3.11. The van der Waals surface area contributed by atoms with E-state index in [-0.39, 0.29) is 11.2 Å². The standard InChI is InChI=1S/C20H16F2N4O/c1-27-14-4-2-3-12(9-14)18-17-15(19(21)22)10-16(24-20(17)26-25-18)11-5-7-13(23)8-6-11/h2-10,19H,23H2,1H3,(H,24,25,26). The Morgan fingerprint density at radius 3 is 2.52 bits per heavy atom. The highest BCUT2D eigenvalue weighted by atomic mass is 19.3. The topological polar surface area (TPSA) is 76.8 Å². The Morgan fingerprint density at radius 1 is 1.04 bits per heavy atom. The van der Waals surface area contributed by atoms with Crippen molar-refractivity contribution in [3.05, 3.63) is 60.2 Å². The van der Waals surface area contributed by atoms with Crippen LogP contribution in [0.1, 0.15) is 12.0 Å². The Kier molecular flexibility index (Phi) is 4.19. The van der Waals surface area contributed by atoms with Gasteiger partial charge in [0.25, 0.3) is 6.43 Å². The van der Waals surface area contributed by atoms with Crippen LogP contribution >= 0.6 is 0 Å². The first-order valence-electron chi connectivity index (χ1n) is 8.24. The summed E-state index contributed by atoms with van der Waals surface area (Å²) in [5, 5.41) is 7.31. The molecule has 0 spiro atoms. The zero-order valence-corrected chi connectivity index (χ0v) is 14.4. The maximum absolute atomic E-state index is 13.9. The number of nitrogens with two attached hydrogens (primary N) is 1. The van der Waals surface area contributed by atoms with E-state index in [2.05, 4.69) is 15.2 Å². The summed E-state index contributed by atoms with van der Waals surface area (Å²) in [7, 11) is 1.55. The Labute approximate surface area is 153 Å². The van der Waals surface area contributed by atoms with Crippen LogP contribution < -0.4 is 10.5 Å². The number of rotatable bonds is 4. The highest BCUT2D eigenvalue weighted by Crippen LogP contribution is 2.36. The van der Waals surface area contributed by atoms with E-state index in [1.54, 1.807) is 55.6 Å². The predicted octanol–water partition coefficient (Wildman–Crippen LogP) is 4.82. The van der Waals surface area contributed by atoms with Gasteiger partial charge in [0.1, 0.15) is 5.75 Å². The van der Waals surface area contributed by atoms with Crippen LogP contribution in [-0.4, -0.2) is 22.3 Å². The monoisotopic (exact) mass is 366 g/mol. The van der Waals surface area contributed by atoms with Gasteiger partial charge >= 0.3 is 0 Å². The zero-order chi connectivity index (χ0) is 19.0. The van der Waals surface area contributed by atoms with Crippen LogP contribution in [0.2, 0.25) is 0 Å². The van der Waals surface area contributed by atoms with Gasteiger partial charge in [-0.05, 0) is 30.3 Å². The lowest BCUT2D eigenvalue weighted by Gasteiger charge is -2.09. The van der Waals surface area contributed by atoms with Crippen LogP contribution in [0.4, 0.5) is 14.5 Å². The molecular formula is C20H16F2N4O. The van der Waals surface area contributed by atoms with Crippen LogP contribution in [0.5, 0.6) is 5.75 Å². The molecule has 0 atom stereocenters. The number of fused-ring (bicyclic) bond motifs is 1. The van der Waals surface area contributed by atoms with Crippen molar-refractivity contribution in [1.82, 2.24) is 15.2 Å². The molecule has 7 heteroatoms. The van der Waals surface area contributed by atoms with Gasteiger partial charge in [0, 0.05) is 22.4 Å². The second-order valence-electron chi connectivity index (χ2n) is 6.05. The third-order valence-electron chi connectivity index (χ3n) is 4.35. The Bertz CT molecular complexity index is 1110. The lowest BCUT2D eigenvalue weighted by molar-refractivity contribution is 0.153. The molecule has 0 unspecified atom stereocenters. The summed E-state index contributed by atoms with van der Waals surface area (Å²) in [5.41, 5.74) is 8.68. The molecule has 5 nitrogen and oxygen atoms in total. The normalized spacial score (nSPS) is 11.3. The lowest BCUT2D eigenvalue weighted by atomic mass is 10.0. The van der Waals surface area contributed by atoms with E-state index in [1.165, 1.54) is 6.07 Å². The second-order valence-corrected chi connectivity index (χ2v) is 6.05. The maximum Gasteiger partial charge on any atom is 0.264 e. The van der Waals surface area contributed by atoms with Crippen LogP contribution in [0.3, 0.4) is 0 Å². The van der Waals surface area contributed by atoms with Gasteiger partial charge in [-0.25, -0.2) is 13.8 Å². The molecule has 4 rings (SSSR count). The summed E-state index contributed by atoms with van der Waals surface area (Å²) in [6.45, 7) is 0. The fourth-order valence-corrected chi connectivity index (χ4v) is 3.01. The number of nitrogens with one attached hydrogen (secondary N) is 1. The second kappa shape index (κ2) is 6.68. The number of ether oxygens (including phenoxy) is 1. The molecule has 0 aliphatic rings. The van der Waals surface area contributed by atoms with Gasteiger partial charge in [-0.1, -0.05) is 24.3 Å². The molecule has 2 aromatic carbocycles. The van der Waals surface area contributed by atoms with Gasteiger partial charge in [-0.15, -0.1) is 0 Å². The summed E-state index contributed by atoms with van der Waals surface area (Å²) < 4.78 is 32.9. The predicted molar refractivity (Wildman–Crippen MR) is 101 cm³/mol. The van der Waals surface area contributed by atoms with E-state index >= 15 is 0 Å². The SMILES string of the molecule is COc1cccc(-c2[nH]nc3nc(-c4ccc(N)cc4)cc(C(F)F)c23)c1. The number of alkyl halides is 2. The third-order valence-corrected chi connectivity index (χ3v) is 4.35. The maximum atomic E-state index is 13.9. The van der Waals surface area contributed by atoms with Crippen molar-refractivity contribution in [3.63, 3.8) is 0 Å². The average molecular weight is 366 g/mol. The first-order chi connectivity index (χ1) is 13.1. The van der Waals surface area contributed by atoms with Crippen molar-refractivity contribution < 1.29 is 13.5 Å². The molecule has 2 heterocycles. The number of nitrogens with zero attached hydrogens (tertiary/aromatic N) is 2. The van der Waals surface area contributed by atoms with Crippen molar-refractivity contribution in [2.75, 3.05) is 12.8 Å². The van der Waals surface area contributed by atoms with Crippen LogP contribution in [0.25, 0.3) is 33.5 Å². The van der Waals surface area contributed by atoms with Crippen molar-refractivity contribution in [2.45, 2.75) is 6.43 Å². The number of methoxy groups -OCH3 is 1. The van der Waals surface area contributed by atoms with E-state index in [1.807, 2.05) is 0 Å². The van der Waals surface area contributed by atoms with Gasteiger partial charge in [-0.2, -0.15) is 5.10 Å². The molecule has 27 heavy (non-hydrogen) atoms. The van der Waals surface area contributed by atoms with Crippen molar-refractivity contribution in [2.24, 2.45) is 0 Å². The molecule has 2 aromatic heterocycles. The number of anilines is 1. The smallest absolute Gasteiger partial charge is 0.264 e. The quantitative estimate of drug-likeness (QED) is 0.508. The Morgan fingerprint density at radius 2 is 1.81 bits per heavy atom. The molecule has 4 aromatic rings. The van der Waals surface area contributed by atoms with Gasteiger partial charge in [0.2, 0.25) is 0 Å². The van der Waals surface area contributed by atoms with Crippen LogP contribution in [-0.2, 0) is 0 Å². The number of halogens is 2. The third kappa shape index (κ3) is 3.08. The van der Waals surface area contributed by atoms with E-state index in [9.17, 15) is 8.78 Å². The molecule has 0 bridgehead atoms. The van der Waals surface area contributed by atoms with E-state index in [0.717, 1.165) is 0 Å². The molecule has 0 saturated carbocycles. The zero-order valence-electron chi connectivity index (χ0n) is 14.4. The molecule has 3 N–H and O–H groups in total. The molecule has 0 saturated heterocycles. The van der Waals surface area contributed by atoms with Gasteiger partial charge < -0.3 is 10.5 Å². The number of H-pyrrole nitrogens is 1. The number of nitrogen functional groups attached to an aromatic ring is 1. The highest BCUT2D eigenvalue weighted by Gasteiger charge is 2.21. The Hall–Kier alpha value is -3.48. The number of benzene rings is 2. The molecule has 136 valence electrons. The van der Waals surface area contributed by atoms with Crippen LogP contribution in [0, 0.1) is 0 Å².